The van der Waals surface area contributed by atoms with Gasteiger partial charge in [0.2, 0.25) is 0 Å². The predicted octanol–water partition coefficient (Wildman–Crippen LogP) is 2.30. The number of hydrogen-bond acceptors (Lipinski definition) is 3. The summed E-state index contributed by atoms with van der Waals surface area (Å²) in [6.07, 6.45) is 0. The van der Waals surface area contributed by atoms with Crippen molar-refractivity contribution in [1.29, 1.82) is 0 Å². The third-order valence-electron chi connectivity index (χ3n) is 2.77. The molecule has 0 aromatic heterocycles. The Morgan fingerprint density at radius 1 is 1.12 bits per heavy atom. The Kier molecular flexibility index (Phi) is 5.12. The second-order valence-electron chi connectivity index (χ2n) is 4.23. The minimum Gasteiger partial charge on any atom is -0.497 e. The van der Waals surface area contributed by atoms with Gasteiger partial charge in [-0.15, -0.1) is 0 Å². The van der Waals surface area contributed by atoms with Crippen LogP contribution in [0.4, 0.5) is 0 Å². The van der Waals surface area contributed by atoms with E-state index in [1.54, 1.807) is 7.11 Å². The summed E-state index contributed by atoms with van der Waals surface area (Å²) < 4.78 is 10.8. The lowest BCUT2D eigenvalue weighted by Crippen LogP contribution is -2.26. The summed E-state index contributed by atoms with van der Waals surface area (Å²) in [5.74, 6) is 2.65. The molecule has 3 nitrogen and oxygen atoms in total. The van der Waals surface area contributed by atoms with Crippen LogP contribution in [0.3, 0.4) is 0 Å². The molecule has 16 heavy (non-hydrogen) atoms. The normalized spacial score (nSPS) is 12.6. The van der Waals surface area contributed by atoms with E-state index in [9.17, 15) is 0 Å². The lowest BCUT2D eigenvalue weighted by molar-refractivity contribution is 0.214. The summed E-state index contributed by atoms with van der Waals surface area (Å²) in [7, 11) is 1.65. The van der Waals surface area contributed by atoms with Crippen LogP contribution in [0.1, 0.15) is 13.8 Å². The molecule has 1 rings (SSSR count). The topological polar surface area (TPSA) is 44.5 Å². The first-order valence-electron chi connectivity index (χ1n) is 5.64. The van der Waals surface area contributed by atoms with Gasteiger partial charge in [0, 0.05) is 5.92 Å². The molecule has 0 fully saturated rings. The molecule has 0 saturated carbocycles. The summed E-state index contributed by atoms with van der Waals surface area (Å²) in [5, 5.41) is 0. The second-order valence-corrected chi connectivity index (χ2v) is 4.23. The molecule has 0 aliphatic carbocycles. The molecule has 1 aromatic rings. The highest BCUT2D eigenvalue weighted by Gasteiger charge is 2.11. The van der Waals surface area contributed by atoms with Crippen LogP contribution in [0.2, 0.25) is 0 Å². The molecular formula is C13H21NO2. The van der Waals surface area contributed by atoms with Crippen LogP contribution in [0.25, 0.3) is 0 Å². The highest BCUT2D eigenvalue weighted by molar-refractivity contribution is 5.31. The van der Waals surface area contributed by atoms with Crippen LogP contribution in [0.5, 0.6) is 11.5 Å². The molecule has 0 aliphatic heterocycles. The van der Waals surface area contributed by atoms with E-state index in [0.29, 0.717) is 25.0 Å². The lowest BCUT2D eigenvalue weighted by Gasteiger charge is -2.19. The number of methoxy groups -OCH3 is 1. The maximum atomic E-state index is 5.68. The standard InChI is InChI=1S/C13H21NO2/c1-10(2)11(8-14)9-16-13-6-4-12(15-3)5-7-13/h4-7,10-11H,8-9,14H2,1-3H3. The van der Waals surface area contributed by atoms with Crippen LogP contribution in [0, 0.1) is 11.8 Å². The maximum absolute atomic E-state index is 5.68. The summed E-state index contributed by atoms with van der Waals surface area (Å²) in [5.41, 5.74) is 5.68. The first-order chi connectivity index (χ1) is 7.67. The van der Waals surface area contributed by atoms with Crippen molar-refractivity contribution in [2.24, 2.45) is 17.6 Å². The Bertz CT molecular complexity index is 295. The van der Waals surface area contributed by atoms with Crippen molar-refractivity contribution < 1.29 is 9.47 Å². The second kappa shape index (κ2) is 6.38. The number of nitrogens with two attached hydrogens (primary N) is 1. The molecule has 1 unspecified atom stereocenters. The summed E-state index contributed by atoms with van der Waals surface area (Å²) in [6.45, 7) is 5.65. The third-order valence-corrected chi connectivity index (χ3v) is 2.77. The molecule has 1 atom stereocenters. The van der Waals surface area contributed by atoms with Crippen LogP contribution in [0.15, 0.2) is 24.3 Å². The zero-order chi connectivity index (χ0) is 12.0. The summed E-state index contributed by atoms with van der Waals surface area (Å²) in [6, 6.07) is 7.60. The number of hydrogen-bond donors (Lipinski definition) is 1. The van der Waals surface area contributed by atoms with E-state index in [4.69, 9.17) is 15.2 Å². The van der Waals surface area contributed by atoms with Gasteiger partial charge >= 0.3 is 0 Å². The van der Waals surface area contributed by atoms with Gasteiger partial charge in [-0.25, -0.2) is 0 Å². The Morgan fingerprint density at radius 2 is 1.69 bits per heavy atom. The van der Waals surface area contributed by atoms with E-state index in [1.807, 2.05) is 24.3 Å². The van der Waals surface area contributed by atoms with Crippen molar-refractivity contribution in [3.05, 3.63) is 24.3 Å². The van der Waals surface area contributed by atoms with Crippen LogP contribution >= 0.6 is 0 Å². The average molecular weight is 223 g/mol. The highest BCUT2D eigenvalue weighted by atomic mass is 16.5. The Balaban J connectivity index is 2.47. The highest BCUT2D eigenvalue weighted by Crippen LogP contribution is 2.18. The van der Waals surface area contributed by atoms with Crippen molar-refractivity contribution in [3.8, 4) is 11.5 Å². The molecule has 2 N–H and O–H groups in total. The average Bonchev–Trinajstić information content (AvgIpc) is 2.30. The molecule has 0 saturated heterocycles. The zero-order valence-corrected chi connectivity index (χ0v) is 10.3. The van der Waals surface area contributed by atoms with E-state index < -0.39 is 0 Å². The first-order valence-corrected chi connectivity index (χ1v) is 5.64. The van der Waals surface area contributed by atoms with E-state index in [0.717, 1.165) is 11.5 Å². The molecule has 90 valence electrons. The SMILES string of the molecule is COc1ccc(OCC(CN)C(C)C)cc1. The fourth-order valence-corrected chi connectivity index (χ4v) is 1.41. The van der Waals surface area contributed by atoms with Gasteiger partial charge in [-0.3, -0.25) is 0 Å². The third kappa shape index (κ3) is 3.74. The monoisotopic (exact) mass is 223 g/mol. The molecule has 1 aromatic carbocycles. The minimum atomic E-state index is 0.405. The number of ether oxygens (including phenoxy) is 2. The van der Waals surface area contributed by atoms with Crippen LogP contribution in [-0.2, 0) is 0 Å². The molecule has 0 radical (unpaired) electrons. The van der Waals surface area contributed by atoms with Crippen molar-refractivity contribution in [3.63, 3.8) is 0 Å². The van der Waals surface area contributed by atoms with Crippen LogP contribution < -0.4 is 15.2 Å². The summed E-state index contributed by atoms with van der Waals surface area (Å²) in [4.78, 5) is 0. The lowest BCUT2D eigenvalue weighted by atomic mass is 9.97. The van der Waals surface area contributed by atoms with Crippen molar-refractivity contribution in [1.82, 2.24) is 0 Å². The fraction of sp³-hybridized carbons (Fsp3) is 0.538. The maximum Gasteiger partial charge on any atom is 0.119 e. The van der Waals surface area contributed by atoms with E-state index in [2.05, 4.69) is 13.8 Å². The van der Waals surface area contributed by atoms with Gasteiger partial charge in [0.05, 0.1) is 13.7 Å². The van der Waals surface area contributed by atoms with E-state index >= 15 is 0 Å². The van der Waals surface area contributed by atoms with Gasteiger partial charge in [-0.2, -0.15) is 0 Å². The quantitative estimate of drug-likeness (QED) is 0.804. The van der Waals surface area contributed by atoms with E-state index in [-0.39, 0.29) is 0 Å². The van der Waals surface area contributed by atoms with Gasteiger partial charge < -0.3 is 15.2 Å². The van der Waals surface area contributed by atoms with Crippen molar-refractivity contribution in [2.45, 2.75) is 13.8 Å². The predicted molar refractivity (Wildman–Crippen MR) is 65.9 cm³/mol. The van der Waals surface area contributed by atoms with Gasteiger partial charge in [0.1, 0.15) is 11.5 Å². The van der Waals surface area contributed by atoms with Gasteiger partial charge in [0.15, 0.2) is 0 Å². The Morgan fingerprint density at radius 3 is 2.12 bits per heavy atom. The van der Waals surface area contributed by atoms with Gasteiger partial charge in [-0.1, -0.05) is 13.8 Å². The molecule has 3 heteroatoms. The summed E-state index contributed by atoms with van der Waals surface area (Å²) >= 11 is 0. The molecule has 0 spiro atoms. The number of benzene rings is 1. The van der Waals surface area contributed by atoms with Gasteiger partial charge in [-0.05, 0) is 36.7 Å². The first kappa shape index (κ1) is 12.8. The molecule has 0 amide bonds. The Hall–Kier alpha value is -1.22. The molecule has 0 bridgehead atoms. The zero-order valence-electron chi connectivity index (χ0n) is 10.3. The van der Waals surface area contributed by atoms with E-state index in [1.165, 1.54) is 0 Å². The smallest absolute Gasteiger partial charge is 0.119 e. The van der Waals surface area contributed by atoms with Crippen molar-refractivity contribution in [2.75, 3.05) is 20.3 Å². The van der Waals surface area contributed by atoms with Crippen LogP contribution in [-0.4, -0.2) is 20.3 Å². The minimum absolute atomic E-state index is 0.405. The Labute approximate surface area is 97.6 Å². The van der Waals surface area contributed by atoms with Crippen molar-refractivity contribution >= 4 is 0 Å². The number of rotatable bonds is 6. The largest absolute Gasteiger partial charge is 0.497 e. The molecule has 0 aliphatic rings. The fourth-order valence-electron chi connectivity index (χ4n) is 1.41. The molecular weight excluding hydrogens is 202 g/mol. The molecule has 0 heterocycles. The van der Waals surface area contributed by atoms with Gasteiger partial charge in [0.25, 0.3) is 0 Å².